The van der Waals surface area contributed by atoms with Crippen LogP contribution >= 0.6 is 0 Å². The molecule has 0 aromatic heterocycles. The monoisotopic (exact) mass is 563 g/mol. The minimum atomic E-state index is -4.09. The van der Waals surface area contributed by atoms with E-state index in [9.17, 15) is 18.0 Å². The Bertz CT molecular complexity index is 1450. The van der Waals surface area contributed by atoms with Crippen LogP contribution < -0.4 is 9.62 Å². The van der Waals surface area contributed by atoms with Crippen molar-refractivity contribution in [2.75, 3.05) is 17.4 Å². The number of hydrogen-bond donors (Lipinski definition) is 1. The topological polar surface area (TPSA) is 86.8 Å². The fourth-order valence-electron chi connectivity index (χ4n) is 4.29. The van der Waals surface area contributed by atoms with Crippen LogP contribution in [0.3, 0.4) is 0 Å². The second-order valence-corrected chi connectivity index (χ2v) is 12.8. The predicted octanol–water partition coefficient (Wildman–Crippen LogP) is 5.31. The van der Waals surface area contributed by atoms with Crippen LogP contribution in [-0.2, 0) is 26.2 Å². The maximum atomic E-state index is 14.0. The van der Waals surface area contributed by atoms with Crippen molar-refractivity contribution in [3.8, 4) is 0 Å². The maximum absolute atomic E-state index is 14.0. The molecule has 3 rings (SSSR count). The summed E-state index contributed by atoms with van der Waals surface area (Å²) in [6, 6.07) is 18.8. The number of amides is 2. The van der Waals surface area contributed by atoms with E-state index in [1.165, 1.54) is 4.90 Å². The van der Waals surface area contributed by atoms with Crippen molar-refractivity contribution in [3.63, 3.8) is 0 Å². The molecule has 0 saturated carbocycles. The second-order valence-electron chi connectivity index (χ2n) is 10.9. The second kappa shape index (κ2) is 13.1. The highest BCUT2D eigenvalue weighted by Crippen LogP contribution is 2.27. The Hall–Kier alpha value is -3.65. The van der Waals surface area contributed by atoms with E-state index >= 15 is 0 Å². The van der Waals surface area contributed by atoms with Crippen molar-refractivity contribution >= 4 is 27.5 Å². The number of anilines is 1. The van der Waals surface area contributed by atoms with E-state index in [4.69, 9.17) is 0 Å². The van der Waals surface area contributed by atoms with Crippen molar-refractivity contribution in [1.82, 2.24) is 10.2 Å². The molecule has 0 aliphatic heterocycles. The Morgan fingerprint density at radius 3 is 2.10 bits per heavy atom. The highest BCUT2D eigenvalue weighted by Gasteiger charge is 2.32. The van der Waals surface area contributed by atoms with Crippen LogP contribution in [0.1, 0.15) is 48.6 Å². The van der Waals surface area contributed by atoms with Crippen LogP contribution in [0, 0.1) is 33.6 Å². The molecule has 0 aliphatic carbocycles. The Labute approximate surface area is 239 Å². The van der Waals surface area contributed by atoms with Crippen LogP contribution in [-0.4, -0.2) is 44.3 Å². The van der Waals surface area contributed by atoms with E-state index in [2.05, 4.69) is 5.32 Å². The van der Waals surface area contributed by atoms with Gasteiger partial charge in [0.05, 0.1) is 10.6 Å². The third-order valence-corrected chi connectivity index (χ3v) is 8.74. The lowest BCUT2D eigenvalue weighted by Crippen LogP contribution is -2.51. The van der Waals surface area contributed by atoms with Crippen LogP contribution in [0.2, 0.25) is 0 Å². The number of sulfonamides is 1. The van der Waals surface area contributed by atoms with Gasteiger partial charge in [-0.2, -0.15) is 0 Å². The van der Waals surface area contributed by atoms with Gasteiger partial charge in [0.15, 0.2) is 0 Å². The minimum Gasteiger partial charge on any atom is -0.354 e. The standard InChI is InChI=1S/C32H41N3O4S/c1-22(2)19-33-32(37)27(7)34(20-28-10-8-9-24(4)17-28)31(36)21-35(29-14-13-25(5)26(6)18-29)40(38,39)30-15-11-23(3)12-16-30/h8-18,22,27H,19-21H2,1-7H3,(H,33,37)/t27-/m0/s1. The molecule has 3 aromatic rings. The van der Waals surface area contributed by atoms with E-state index in [1.54, 1.807) is 43.3 Å². The van der Waals surface area contributed by atoms with E-state index in [-0.39, 0.29) is 23.3 Å². The van der Waals surface area contributed by atoms with Gasteiger partial charge in [0, 0.05) is 13.1 Å². The predicted molar refractivity (Wildman–Crippen MR) is 161 cm³/mol. The first kappa shape index (κ1) is 30.9. The van der Waals surface area contributed by atoms with E-state index in [1.807, 2.05) is 71.9 Å². The molecule has 0 radical (unpaired) electrons. The Morgan fingerprint density at radius 2 is 1.50 bits per heavy atom. The van der Waals surface area contributed by atoms with Gasteiger partial charge in [-0.05, 0) is 81.5 Å². The highest BCUT2D eigenvalue weighted by molar-refractivity contribution is 7.92. The summed E-state index contributed by atoms with van der Waals surface area (Å²) in [5, 5.41) is 2.91. The lowest BCUT2D eigenvalue weighted by atomic mass is 10.1. The third kappa shape index (κ3) is 7.72. The molecule has 0 aliphatic rings. The van der Waals surface area contributed by atoms with Gasteiger partial charge in [-0.1, -0.05) is 67.4 Å². The van der Waals surface area contributed by atoms with E-state index in [0.29, 0.717) is 12.2 Å². The molecule has 0 bridgehead atoms. The zero-order valence-corrected chi connectivity index (χ0v) is 25.4. The smallest absolute Gasteiger partial charge is 0.264 e. The first-order valence-corrected chi connectivity index (χ1v) is 15.0. The zero-order chi connectivity index (χ0) is 29.6. The first-order valence-electron chi connectivity index (χ1n) is 13.6. The molecule has 0 saturated heterocycles. The summed E-state index contributed by atoms with van der Waals surface area (Å²) in [5.41, 5.74) is 5.13. The molecule has 40 heavy (non-hydrogen) atoms. The lowest BCUT2D eigenvalue weighted by molar-refractivity contribution is -0.139. The molecular weight excluding hydrogens is 522 g/mol. The summed E-state index contributed by atoms with van der Waals surface area (Å²) in [7, 11) is -4.09. The van der Waals surface area contributed by atoms with Crippen molar-refractivity contribution < 1.29 is 18.0 Å². The number of aryl methyl sites for hydroxylation is 4. The zero-order valence-electron chi connectivity index (χ0n) is 24.6. The molecule has 3 aromatic carbocycles. The first-order chi connectivity index (χ1) is 18.8. The molecule has 1 atom stereocenters. The van der Waals surface area contributed by atoms with E-state index < -0.39 is 28.5 Å². The summed E-state index contributed by atoms with van der Waals surface area (Å²) in [6.45, 7) is 13.6. The minimum absolute atomic E-state index is 0.0945. The number of carbonyl (C=O) groups is 2. The molecular formula is C32H41N3O4S. The molecule has 7 nitrogen and oxygen atoms in total. The largest absolute Gasteiger partial charge is 0.354 e. The summed E-state index contributed by atoms with van der Waals surface area (Å²) in [5.74, 6) is -0.506. The van der Waals surface area contributed by atoms with Gasteiger partial charge in [-0.15, -0.1) is 0 Å². The fourth-order valence-corrected chi connectivity index (χ4v) is 5.70. The number of hydrogen-bond acceptors (Lipinski definition) is 4. The van der Waals surface area contributed by atoms with Gasteiger partial charge in [0.1, 0.15) is 12.6 Å². The van der Waals surface area contributed by atoms with Crippen molar-refractivity contribution in [3.05, 3.63) is 94.5 Å². The highest BCUT2D eigenvalue weighted by atomic mass is 32.2. The quantitative estimate of drug-likeness (QED) is 0.343. The SMILES string of the molecule is Cc1ccc(S(=O)(=O)N(CC(=O)N(Cc2cccc(C)c2)[C@@H](C)C(=O)NCC(C)C)c2ccc(C)c(C)c2)cc1. The van der Waals surface area contributed by atoms with Gasteiger partial charge in [-0.3, -0.25) is 13.9 Å². The molecule has 0 spiro atoms. The summed E-state index contributed by atoms with van der Waals surface area (Å²) < 4.78 is 29.1. The maximum Gasteiger partial charge on any atom is 0.264 e. The van der Waals surface area contributed by atoms with Gasteiger partial charge in [0.2, 0.25) is 11.8 Å². The Balaban J connectivity index is 2.04. The summed E-state index contributed by atoms with van der Waals surface area (Å²) in [6.07, 6.45) is 0. The van der Waals surface area contributed by atoms with E-state index in [0.717, 1.165) is 32.1 Å². The molecule has 0 unspecified atom stereocenters. The summed E-state index contributed by atoms with van der Waals surface area (Å²) >= 11 is 0. The average molecular weight is 564 g/mol. The number of nitrogens with one attached hydrogen (secondary N) is 1. The van der Waals surface area contributed by atoms with Crippen LogP contribution in [0.25, 0.3) is 0 Å². The molecule has 2 amide bonds. The number of benzene rings is 3. The lowest BCUT2D eigenvalue weighted by Gasteiger charge is -2.32. The number of nitrogens with zero attached hydrogens (tertiary/aromatic N) is 2. The fraction of sp³-hybridized carbons (Fsp3) is 0.375. The third-order valence-electron chi connectivity index (χ3n) is 6.95. The van der Waals surface area contributed by atoms with Crippen LogP contribution in [0.5, 0.6) is 0 Å². The average Bonchev–Trinajstić information content (AvgIpc) is 2.90. The normalized spacial score (nSPS) is 12.2. The number of rotatable bonds is 11. The number of carbonyl (C=O) groups excluding carboxylic acids is 2. The molecule has 1 N–H and O–H groups in total. The molecule has 214 valence electrons. The molecule has 8 heteroatoms. The van der Waals surface area contributed by atoms with Gasteiger partial charge < -0.3 is 10.2 Å². The molecule has 0 fully saturated rings. The summed E-state index contributed by atoms with van der Waals surface area (Å²) in [4.78, 5) is 28.7. The van der Waals surface area contributed by atoms with Crippen molar-refractivity contribution in [2.45, 2.75) is 65.9 Å². The Morgan fingerprint density at radius 1 is 0.825 bits per heavy atom. The van der Waals surface area contributed by atoms with Crippen molar-refractivity contribution in [2.24, 2.45) is 5.92 Å². The van der Waals surface area contributed by atoms with Crippen LogP contribution in [0.4, 0.5) is 5.69 Å². The van der Waals surface area contributed by atoms with Crippen LogP contribution in [0.15, 0.2) is 71.6 Å². The van der Waals surface area contributed by atoms with Gasteiger partial charge in [-0.25, -0.2) is 8.42 Å². The van der Waals surface area contributed by atoms with Gasteiger partial charge in [0.25, 0.3) is 10.0 Å². The van der Waals surface area contributed by atoms with Gasteiger partial charge >= 0.3 is 0 Å². The van der Waals surface area contributed by atoms with Crippen molar-refractivity contribution in [1.29, 1.82) is 0 Å². The Kier molecular flexibility index (Phi) is 10.1. The molecule has 0 heterocycles.